The first-order valence-electron chi connectivity index (χ1n) is 6.48. The van der Waals surface area contributed by atoms with Crippen molar-refractivity contribution in [3.8, 4) is 6.07 Å². The lowest BCUT2D eigenvalue weighted by molar-refractivity contribution is 0.209. The molecule has 0 radical (unpaired) electrons. The maximum absolute atomic E-state index is 9.19. The molecule has 3 nitrogen and oxygen atoms in total. The molecule has 2 rings (SSSR count). The standard InChI is InChI=1S/C13H23N3/c1-13(9-14,15-2)10-16(7-11-3-4-11)8-12-5-6-12/h11-12,15H,3-8,10H2,1-2H3. The van der Waals surface area contributed by atoms with E-state index in [1.54, 1.807) is 0 Å². The SMILES string of the molecule is CNC(C)(C#N)CN(CC1CC1)CC1CC1. The number of nitrogens with one attached hydrogen (secondary N) is 1. The third-order valence-corrected chi connectivity index (χ3v) is 3.77. The molecule has 0 aromatic rings. The van der Waals surface area contributed by atoms with Crippen LogP contribution in [0.4, 0.5) is 0 Å². The Bertz CT molecular complexity index is 261. The molecular formula is C13H23N3. The van der Waals surface area contributed by atoms with Crippen molar-refractivity contribution in [2.24, 2.45) is 11.8 Å². The average Bonchev–Trinajstić information content (AvgIpc) is 3.13. The lowest BCUT2D eigenvalue weighted by Gasteiger charge is -2.30. The zero-order chi connectivity index (χ0) is 11.6. The molecular weight excluding hydrogens is 198 g/mol. The lowest BCUT2D eigenvalue weighted by Crippen LogP contribution is -2.49. The van der Waals surface area contributed by atoms with Crippen molar-refractivity contribution in [3.63, 3.8) is 0 Å². The molecule has 90 valence electrons. The van der Waals surface area contributed by atoms with E-state index in [4.69, 9.17) is 0 Å². The minimum Gasteiger partial charge on any atom is -0.302 e. The summed E-state index contributed by atoms with van der Waals surface area (Å²) in [5, 5.41) is 12.3. The van der Waals surface area contributed by atoms with Crippen LogP contribution in [0.15, 0.2) is 0 Å². The highest BCUT2D eigenvalue weighted by Gasteiger charge is 2.33. The molecule has 0 aromatic heterocycles. The third kappa shape index (κ3) is 3.47. The van der Waals surface area contributed by atoms with Gasteiger partial charge in [0.05, 0.1) is 6.07 Å². The Morgan fingerprint density at radius 2 is 1.75 bits per heavy atom. The van der Waals surface area contributed by atoms with Gasteiger partial charge in [0.25, 0.3) is 0 Å². The zero-order valence-corrected chi connectivity index (χ0v) is 10.5. The first kappa shape index (κ1) is 11.9. The number of hydrogen-bond acceptors (Lipinski definition) is 3. The Labute approximate surface area is 98.8 Å². The van der Waals surface area contributed by atoms with Gasteiger partial charge in [-0.3, -0.25) is 4.90 Å². The highest BCUT2D eigenvalue weighted by atomic mass is 15.2. The Balaban J connectivity index is 1.86. The summed E-state index contributed by atoms with van der Waals surface area (Å²) in [6.07, 6.45) is 5.57. The summed E-state index contributed by atoms with van der Waals surface area (Å²) < 4.78 is 0. The van der Waals surface area contributed by atoms with Gasteiger partial charge in [-0.25, -0.2) is 0 Å². The predicted octanol–water partition coefficient (Wildman–Crippen LogP) is 1.61. The van der Waals surface area contributed by atoms with E-state index in [1.165, 1.54) is 38.8 Å². The fraction of sp³-hybridized carbons (Fsp3) is 0.923. The molecule has 1 N–H and O–H groups in total. The molecule has 0 bridgehead atoms. The van der Waals surface area contributed by atoms with E-state index >= 15 is 0 Å². The van der Waals surface area contributed by atoms with E-state index in [9.17, 15) is 5.26 Å². The molecule has 0 heterocycles. The molecule has 16 heavy (non-hydrogen) atoms. The van der Waals surface area contributed by atoms with Crippen LogP contribution in [0, 0.1) is 23.2 Å². The Kier molecular flexibility index (Phi) is 3.51. The highest BCUT2D eigenvalue weighted by molar-refractivity contribution is 5.05. The molecule has 2 saturated carbocycles. The Morgan fingerprint density at radius 3 is 2.06 bits per heavy atom. The van der Waals surface area contributed by atoms with E-state index in [0.717, 1.165) is 18.4 Å². The Morgan fingerprint density at radius 1 is 1.25 bits per heavy atom. The predicted molar refractivity (Wildman–Crippen MR) is 65.0 cm³/mol. The monoisotopic (exact) mass is 221 g/mol. The van der Waals surface area contributed by atoms with Gasteiger partial charge < -0.3 is 5.32 Å². The van der Waals surface area contributed by atoms with Crippen molar-refractivity contribution in [2.75, 3.05) is 26.7 Å². The summed E-state index contributed by atoms with van der Waals surface area (Å²) in [7, 11) is 1.88. The number of hydrogen-bond donors (Lipinski definition) is 1. The van der Waals surface area contributed by atoms with Crippen molar-refractivity contribution >= 4 is 0 Å². The van der Waals surface area contributed by atoms with Crippen LogP contribution < -0.4 is 5.32 Å². The van der Waals surface area contributed by atoms with E-state index in [1.807, 2.05) is 14.0 Å². The maximum Gasteiger partial charge on any atom is 0.116 e. The largest absolute Gasteiger partial charge is 0.302 e. The van der Waals surface area contributed by atoms with Crippen LogP contribution in [0.2, 0.25) is 0 Å². The second kappa shape index (κ2) is 4.73. The lowest BCUT2D eigenvalue weighted by atomic mass is 10.0. The van der Waals surface area contributed by atoms with Gasteiger partial charge in [0.15, 0.2) is 0 Å². The van der Waals surface area contributed by atoms with Crippen LogP contribution in [0.25, 0.3) is 0 Å². The quantitative estimate of drug-likeness (QED) is 0.710. The molecule has 2 fully saturated rings. The topological polar surface area (TPSA) is 39.1 Å². The van der Waals surface area contributed by atoms with Crippen LogP contribution in [0.3, 0.4) is 0 Å². The van der Waals surface area contributed by atoms with Gasteiger partial charge in [-0.15, -0.1) is 0 Å². The molecule has 0 saturated heterocycles. The molecule has 0 amide bonds. The number of nitrogens with zero attached hydrogens (tertiary/aromatic N) is 2. The first-order chi connectivity index (χ1) is 7.65. The maximum atomic E-state index is 9.19. The third-order valence-electron chi connectivity index (χ3n) is 3.77. The van der Waals surface area contributed by atoms with Gasteiger partial charge in [0.1, 0.15) is 5.54 Å². The first-order valence-corrected chi connectivity index (χ1v) is 6.48. The van der Waals surface area contributed by atoms with Crippen molar-refractivity contribution < 1.29 is 0 Å². The zero-order valence-electron chi connectivity index (χ0n) is 10.5. The molecule has 0 aromatic carbocycles. The Hall–Kier alpha value is -0.590. The molecule has 0 aliphatic heterocycles. The van der Waals surface area contributed by atoms with E-state index < -0.39 is 0 Å². The van der Waals surface area contributed by atoms with Crippen molar-refractivity contribution in [2.45, 2.75) is 38.1 Å². The number of nitriles is 1. The summed E-state index contributed by atoms with van der Waals surface area (Å²) in [6, 6.07) is 2.39. The van der Waals surface area contributed by atoms with Crippen LogP contribution in [0.5, 0.6) is 0 Å². The second-order valence-electron chi connectivity index (χ2n) is 5.77. The minimum atomic E-state index is -0.385. The van der Waals surface area contributed by atoms with Crippen LogP contribution in [0.1, 0.15) is 32.6 Å². The van der Waals surface area contributed by atoms with Gasteiger partial charge >= 0.3 is 0 Å². The second-order valence-corrected chi connectivity index (χ2v) is 5.77. The molecule has 2 aliphatic carbocycles. The number of likely N-dealkylation sites (N-methyl/N-ethyl adjacent to an activating group) is 1. The van der Waals surface area contributed by atoms with Crippen molar-refractivity contribution in [3.05, 3.63) is 0 Å². The van der Waals surface area contributed by atoms with Crippen molar-refractivity contribution in [1.29, 1.82) is 5.26 Å². The fourth-order valence-corrected chi connectivity index (χ4v) is 2.15. The van der Waals surface area contributed by atoms with Gasteiger partial charge in [-0.2, -0.15) is 5.26 Å². The van der Waals surface area contributed by atoms with E-state index in [0.29, 0.717) is 0 Å². The smallest absolute Gasteiger partial charge is 0.116 e. The molecule has 2 aliphatic rings. The summed E-state index contributed by atoms with van der Waals surface area (Å²) in [5.74, 6) is 1.83. The number of rotatable bonds is 7. The average molecular weight is 221 g/mol. The summed E-state index contributed by atoms with van der Waals surface area (Å²) in [4.78, 5) is 2.51. The fourth-order valence-electron chi connectivity index (χ4n) is 2.15. The van der Waals surface area contributed by atoms with Crippen LogP contribution >= 0.6 is 0 Å². The molecule has 1 atom stereocenters. The van der Waals surface area contributed by atoms with Crippen molar-refractivity contribution in [1.82, 2.24) is 10.2 Å². The van der Waals surface area contributed by atoms with Gasteiger partial charge in [0.2, 0.25) is 0 Å². The van der Waals surface area contributed by atoms with E-state index in [-0.39, 0.29) is 5.54 Å². The van der Waals surface area contributed by atoms with Gasteiger partial charge in [-0.1, -0.05) is 0 Å². The summed E-state index contributed by atoms with van der Waals surface area (Å²) >= 11 is 0. The van der Waals surface area contributed by atoms with Gasteiger partial charge in [-0.05, 0) is 51.5 Å². The summed E-state index contributed by atoms with van der Waals surface area (Å²) in [6.45, 7) is 5.28. The van der Waals surface area contributed by atoms with Crippen LogP contribution in [-0.4, -0.2) is 37.1 Å². The molecule has 0 spiro atoms. The van der Waals surface area contributed by atoms with Gasteiger partial charge in [0, 0.05) is 19.6 Å². The molecule has 3 heteroatoms. The van der Waals surface area contributed by atoms with Crippen LogP contribution in [-0.2, 0) is 0 Å². The highest BCUT2D eigenvalue weighted by Crippen LogP contribution is 2.34. The normalized spacial score (nSPS) is 24.1. The van der Waals surface area contributed by atoms with E-state index in [2.05, 4.69) is 16.3 Å². The minimum absolute atomic E-state index is 0.385. The molecule has 1 unspecified atom stereocenters. The summed E-state index contributed by atoms with van der Waals surface area (Å²) in [5.41, 5.74) is -0.385.